The first-order chi connectivity index (χ1) is 14.4. The second-order valence-corrected chi connectivity index (χ2v) is 10.4. The summed E-state index contributed by atoms with van der Waals surface area (Å²) in [6.07, 6.45) is 3.62. The van der Waals surface area contributed by atoms with Crippen molar-refractivity contribution in [1.82, 2.24) is 0 Å². The Balaban J connectivity index is 1.65. The third kappa shape index (κ3) is 2.99. The summed E-state index contributed by atoms with van der Waals surface area (Å²) < 4.78 is 41.6. The Hall–Kier alpha value is -1.93. The molecular weight excluding hydrogens is 400 g/mol. The van der Waals surface area contributed by atoms with Gasteiger partial charge in [-0.3, -0.25) is 4.31 Å². The third-order valence-corrected chi connectivity index (χ3v) is 8.62. The molecule has 0 amide bonds. The van der Waals surface area contributed by atoms with Gasteiger partial charge in [0.1, 0.15) is 0 Å². The van der Waals surface area contributed by atoms with Crippen molar-refractivity contribution in [3.63, 3.8) is 0 Å². The van der Waals surface area contributed by atoms with Crippen LogP contribution in [0.25, 0.3) is 0 Å². The highest BCUT2D eigenvalue weighted by atomic mass is 32.2. The van der Waals surface area contributed by atoms with Gasteiger partial charge in [-0.25, -0.2) is 8.42 Å². The fraction of sp³-hybridized carbons (Fsp3) is 0.478. The molecule has 2 fully saturated rings. The summed E-state index contributed by atoms with van der Waals surface area (Å²) in [4.78, 5) is 0.278. The Bertz CT molecular complexity index is 1030. The fourth-order valence-corrected chi connectivity index (χ4v) is 7.12. The standard InChI is InChI=1S/C23H28N2O4S/c1-16-9-11-17(12-10-16)30(26,27)25-20-8-3-2-6-18(20)21(24)22(25)19-7-4-5-13-23(19)28-14-15-29-23/h2-3,6,8-12,19,21-22H,4-5,7,13-15,24H2,1H3/t19-,21-,22+/m0/s1. The van der Waals surface area contributed by atoms with Gasteiger partial charge in [0.25, 0.3) is 10.0 Å². The number of nitrogens with zero attached hydrogens (tertiary/aromatic N) is 1. The van der Waals surface area contributed by atoms with Crippen LogP contribution in [0.2, 0.25) is 0 Å². The van der Waals surface area contributed by atoms with Crippen molar-refractivity contribution in [3.05, 3.63) is 59.7 Å². The normalized spacial score (nSPS) is 28.1. The van der Waals surface area contributed by atoms with E-state index in [0.29, 0.717) is 18.9 Å². The molecule has 30 heavy (non-hydrogen) atoms. The molecule has 0 aromatic heterocycles. The van der Waals surface area contributed by atoms with Gasteiger partial charge in [0.15, 0.2) is 5.79 Å². The van der Waals surface area contributed by atoms with Crippen LogP contribution < -0.4 is 10.0 Å². The molecule has 7 heteroatoms. The van der Waals surface area contributed by atoms with E-state index in [2.05, 4.69) is 0 Å². The first kappa shape index (κ1) is 20.0. The van der Waals surface area contributed by atoms with Crippen LogP contribution in [0.5, 0.6) is 0 Å². The number of rotatable bonds is 3. The molecule has 3 aliphatic rings. The molecular formula is C23H28N2O4S. The number of para-hydroxylation sites is 1. The number of aryl methyl sites for hydroxylation is 1. The maximum atomic E-state index is 13.9. The molecule has 5 rings (SSSR count). The van der Waals surface area contributed by atoms with Crippen LogP contribution in [-0.4, -0.2) is 33.5 Å². The van der Waals surface area contributed by atoms with Crippen molar-refractivity contribution in [2.45, 2.75) is 55.4 Å². The lowest BCUT2D eigenvalue weighted by atomic mass is 9.76. The van der Waals surface area contributed by atoms with E-state index >= 15 is 0 Å². The van der Waals surface area contributed by atoms with Crippen molar-refractivity contribution in [2.75, 3.05) is 17.5 Å². The number of hydrogen-bond donors (Lipinski definition) is 1. The molecule has 2 N–H and O–H groups in total. The molecule has 2 aliphatic heterocycles. The van der Waals surface area contributed by atoms with E-state index in [4.69, 9.17) is 15.2 Å². The zero-order valence-electron chi connectivity index (χ0n) is 17.2. The largest absolute Gasteiger partial charge is 0.347 e. The number of sulfonamides is 1. The van der Waals surface area contributed by atoms with Gasteiger partial charge in [-0.15, -0.1) is 0 Å². The van der Waals surface area contributed by atoms with Crippen LogP contribution in [0, 0.1) is 12.8 Å². The number of nitrogens with two attached hydrogens (primary N) is 1. The molecule has 2 aromatic rings. The Morgan fingerprint density at radius 1 is 1.03 bits per heavy atom. The molecule has 0 bridgehead atoms. The Kier molecular flexibility index (Phi) is 4.89. The average Bonchev–Trinajstić information content (AvgIpc) is 3.32. The minimum absolute atomic E-state index is 0.128. The lowest BCUT2D eigenvalue weighted by Crippen LogP contribution is -2.56. The van der Waals surface area contributed by atoms with E-state index < -0.39 is 27.9 Å². The van der Waals surface area contributed by atoms with Gasteiger partial charge in [-0.2, -0.15) is 0 Å². The van der Waals surface area contributed by atoms with Crippen molar-refractivity contribution >= 4 is 15.7 Å². The predicted octanol–water partition coefficient (Wildman–Crippen LogP) is 3.51. The maximum Gasteiger partial charge on any atom is 0.264 e. The smallest absolute Gasteiger partial charge is 0.264 e. The van der Waals surface area contributed by atoms with E-state index in [1.54, 1.807) is 16.4 Å². The number of fused-ring (bicyclic) bond motifs is 1. The number of benzene rings is 2. The molecule has 1 saturated heterocycles. The van der Waals surface area contributed by atoms with Crippen molar-refractivity contribution in [1.29, 1.82) is 0 Å². The SMILES string of the molecule is Cc1ccc(S(=O)(=O)N2c3ccccc3[C@H](N)[C@H]2[C@@H]2CCCCC23OCCO3)cc1. The Morgan fingerprint density at radius 2 is 1.73 bits per heavy atom. The number of hydrogen-bond acceptors (Lipinski definition) is 5. The summed E-state index contributed by atoms with van der Waals surface area (Å²) >= 11 is 0. The predicted molar refractivity (Wildman–Crippen MR) is 115 cm³/mol. The Labute approximate surface area is 178 Å². The third-order valence-electron chi connectivity index (χ3n) is 6.79. The Morgan fingerprint density at radius 3 is 2.47 bits per heavy atom. The maximum absolute atomic E-state index is 13.9. The van der Waals surface area contributed by atoms with Crippen molar-refractivity contribution in [2.24, 2.45) is 11.7 Å². The topological polar surface area (TPSA) is 81.9 Å². The van der Waals surface area contributed by atoms with Crippen LogP contribution in [0.15, 0.2) is 53.4 Å². The minimum atomic E-state index is -3.80. The number of anilines is 1. The number of ether oxygens (including phenoxy) is 2. The second-order valence-electron chi connectivity index (χ2n) is 8.55. The van der Waals surface area contributed by atoms with E-state index in [1.165, 1.54) is 0 Å². The van der Waals surface area contributed by atoms with E-state index in [9.17, 15) is 8.42 Å². The lowest BCUT2D eigenvalue weighted by Gasteiger charge is -2.45. The highest BCUT2D eigenvalue weighted by Gasteiger charge is 2.56. The van der Waals surface area contributed by atoms with Crippen LogP contribution >= 0.6 is 0 Å². The summed E-state index contributed by atoms with van der Waals surface area (Å²) in [6.45, 7) is 3.02. The molecule has 160 valence electrons. The zero-order chi connectivity index (χ0) is 20.9. The van der Waals surface area contributed by atoms with Crippen LogP contribution in [0.4, 0.5) is 5.69 Å². The molecule has 2 heterocycles. The molecule has 1 saturated carbocycles. The molecule has 6 nitrogen and oxygen atoms in total. The van der Waals surface area contributed by atoms with Gasteiger partial charge >= 0.3 is 0 Å². The highest BCUT2D eigenvalue weighted by molar-refractivity contribution is 7.92. The van der Waals surface area contributed by atoms with Crippen molar-refractivity contribution in [3.8, 4) is 0 Å². The second kappa shape index (κ2) is 7.34. The van der Waals surface area contributed by atoms with Gasteiger partial charge in [0.05, 0.1) is 35.9 Å². The molecule has 3 atom stereocenters. The minimum Gasteiger partial charge on any atom is -0.347 e. The van der Waals surface area contributed by atoms with E-state index in [0.717, 1.165) is 36.8 Å². The average molecular weight is 429 g/mol. The molecule has 1 aliphatic carbocycles. The van der Waals surface area contributed by atoms with Gasteiger partial charge in [0.2, 0.25) is 0 Å². The summed E-state index contributed by atoms with van der Waals surface area (Å²) in [5, 5.41) is 0. The molecule has 2 aromatic carbocycles. The fourth-order valence-electron chi connectivity index (χ4n) is 5.39. The van der Waals surface area contributed by atoms with Crippen molar-refractivity contribution < 1.29 is 17.9 Å². The van der Waals surface area contributed by atoms with Gasteiger partial charge in [-0.1, -0.05) is 42.3 Å². The summed E-state index contributed by atoms with van der Waals surface area (Å²) in [6, 6.07) is 13.7. The molecule has 0 unspecified atom stereocenters. The van der Waals surface area contributed by atoms with E-state index in [-0.39, 0.29) is 10.8 Å². The van der Waals surface area contributed by atoms with Gasteiger partial charge in [0, 0.05) is 12.3 Å². The molecule has 0 radical (unpaired) electrons. The summed E-state index contributed by atoms with van der Waals surface area (Å²) in [5.41, 5.74) is 9.28. The van der Waals surface area contributed by atoms with Gasteiger partial charge < -0.3 is 15.2 Å². The van der Waals surface area contributed by atoms with Crippen LogP contribution in [0.3, 0.4) is 0 Å². The van der Waals surface area contributed by atoms with E-state index in [1.807, 2.05) is 43.3 Å². The quantitative estimate of drug-likeness (QED) is 0.809. The van der Waals surface area contributed by atoms with Crippen LogP contribution in [0.1, 0.15) is 42.9 Å². The summed E-state index contributed by atoms with van der Waals surface area (Å²) in [7, 11) is -3.80. The monoisotopic (exact) mass is 428 g/mol. The first-order valence-corrected chi connectivity index (χ1v) is 12.1. The molecule has 1 spiro atoms. The zero-order valence-corrected chi connectivity index (χ0v) is 18.0. The highest BCUT2D eigenvalue weighted by Crippen LogP contribution is 2.51. The van der Waals surface area contributed by atoms with Crippen LogP contribution in [-0.2, 0) is 19.5 Å². The summed E-state index contributed by atoms with van der Waals surface area (Å²) in [5.74, 6) is -0.875. The lowest BCUT2D eigenvalue weighted by molar-refractivity contribution is -0.217. The first-order valence-electron chi connectivity index (χ1n) is 10.7. The van der Waals surface area contributed by atoms with Gasteiger partial charge in [-0.05, 0) is 43.5 Å².